The molecule has 7 heteroatoms. The number of furan rings is 2. The van der Waals surface area contributed by atoms with E-state index in [4.69, 9.17) is 8.83 Å². The van der Waals surface area contributed by atoms with Crippen LogP contribution in [0.3, 0.4) is 0 Å². The van der Waals surface area contributed by atoms with Crippen molar-refractivity contribution in [1.82, 2.24) is 10.2 Å². The van der Waals surface area contributed by atoms with Gasteiger partial charge in [-0.15, -0.1) is 0 Å². The van der Waals surface area contributed by atoms with Gasteiger partial charge >= 0.3 is 0 Å². The molecule has 1 N–H and O–H groups in total. The summed E-state index contributed by atoms with van der Waals surface area (Å²) in [5.74, 6) is 0.449. The van der Waals surface area contributed by atoms with Gasteiger partial charge in [-0.3, -0.25) is 9.59 Å². The van der Waals surface area contributed by atoms with Gasteiger partial charge < -0.3 is 19.1 Å². The van der Waals surface area contributed by atoms with Crippen molar-refractivity contribution >= 4 is 27.7 Å². The number of likely N-dealkylation sites (tertiary alicyclic amines) is 1. The van der Waals surface area contributed by atoms with E-state index in [2.05, 4.69) is 21.2 Å². The highest BCUT2D eigenvalue weighted by Gasteiger charge is 2.24. The molecule has 1 aliphatic rings. The normalized spacial score (nSPS) is 15.6. The molecule has 1 saturated heterocycles. The van der Waals surface area contributed by atoms with E-state index in [9.17, 15) is 9.59 Å². The smallest absolute Gasteiger partial charge is 0.287 e. The molecule has 0 saturated carbocycles. The zero-order valence-corrected chi connectivity index (χ0v) is 14.0. The van der Waals surface area contributed by atoms with E-state index < -0.39 is 0 Å². The van der Waals surface area contributed by atoms with E-state index in [-0.39, 0.29) is 11.8 Å². The van der Waals surface area contributed by atoms with E-state index in [1.54, 1.807) is 18.2 Å². The lowest BCUT2D eigenvalue weighted by molar-refractivity contribution is 0.0682. The third kappa shape index (κ3) is 3.85. The third-order valence-electron chi connectivity index (χ3n) is 4.02. The van der Waals surface area contributed by atoms with Gasteiger partial charge in [-0.1, -0.05) is 0 Å². The summed E-state index contributed by atoms with van der Waals surface area (Å²) in [4.78, 5) is 26.0. The monoisotopic (exact) mass is 380 g/mol. The maximum atomic E-state index is 12.2. The first-order valence-electron chi connectivity index (χ1n) is 7.48. The lowest BCUT2D eigenvalue weighted by Crippen LogP contribution is -2.41. The van der Waals surface area contributed by atoms with E-state index in [1.807, 2.05) is 4.90 Å². The Kier molecular flexibility index (Phi) is 4.85. The second-order valence-electron chi connectivity index (χ2n) is 5.56. The predicted molar refractivity (Wildman–Crippen MR) is 86.1 cm³/mol. The van der Waals surface area contributed by atoms with Crippen molar-refractivity contribution in [3.05, 3.63) is 46.7 Å². The fourth-order valence-electron chi connectivity index (χ4n) is 2.67. The summed E-state index contributed by atoms with van der Waals surface area (Å²) in [6.07, 6.45) is 4.70. The summed E-state index contributed by atoms with van der Waals surface area (Å²) in [6.45, 7) is 1.97. The molecule has 23 heavy (non-hydrogen) atoms. The molecule has 0 radical (unpaired) electrons. The van der Waals surface area contributed by atoms with Crippen LogP contribution in [-0.4, -0.2) is 36.3 Å². The Bertz CT molecular complexity index is 672. The summed E-state index contributed by atoms with van der Waals surface area (Å²) >= 11 is 3.17. The van der Waals surface area contributed by atoms with E-state index in [0.29, 0.717) is 41.5 Å². The zero-order chi connectivity index (χ0) is 16.2. The highest BCUT2D eigenvalue weighted by atomic mass is 79.9. The molecule has 1 aliphatic heterocycles. The Morgan fingerprint density at radius 3 is 2.65 bits per heavy atom. The van der Waals surface area contributed by atoms with Crippen molar-refractivity contribution in [2.24, 2.45) is 5.92 Å². The van der Waals surface area contributed by atoms with E-state index >= 15 is 0 Å². The summed E-state index contributed by atoms with van der Waals surface area (Å²) in [7, 11) is 0. The van der Waals surface area contributed by atoms with Gasteiger partial charge in [0.15, 0.2) is 10.4 Å². The second-order valence-corrected chi connectivity index (χ2v) is 6.34. The number of hydrogen-bond acceptors (Lipinski definition) is 4. The summed E-state index contributed by atoms with van der Waals surface area (Å²) in [6, 6.07) is 5.00. The average Bonchev–Trinajstić information content (AvgIpc) is 3.24. The Morgan fingerprint density at radius 2 is 2.04 bits per heavy atom. The van der Waals surface area contributed by atoms with Gasteiger partial charge in [-0.2, -0.15) is 0 Å². The van der Waals surface area contributed by atoms with Gasteiger partial charge in [0.25, 0.3) is 11.8 Å². The maximum absolute atomic E-state index is 12.2. The number of halogens is 1. The molecule has 0 bridgehead atoms. The van der Waals surface area contributed by atoms with Crippen LogP contribution in [0.4, 0.5) is 0 Å². The molecule has 122 valence electrons. The Morgan fingerprint density at radius 1 is 1.26 bits per heavy atom. The highest BCUT2D eigenvalue weighted by Crippen LogP contribution is 2.19. The number of rotatable bonds is 4. The molecule has 0 aromatic carbocycles. The standard InChI is InChI=1S/C16H17BrN2O4/c17-14-2-1-13(23-14)15(20)18-9-11-3-6-19(7-4-11)16(21)12-5-8-22-10-12/h1-2,5,8,10-11H,3-4,6-7,9H2,(H,18,20). The number of piperidine rings is 1. The highest BCUT2D eigenvalue weighted by molar-refractivity contribution is 9.10. The van der Waals surface area contributed by atoms with Gasteiger partial charge in [-0.25, -0.2) is 0 Å². The third-order valence-corrected chi connectivity index (χ3v) is 4.44. The number of carbonyl (C=O) groups excluding carboxylic acids is 2. The molecular formula is C16H17BrN2O4. The van der Waals surface area contributed by atoms with Crippen LogP contribution in [0.5, 0.6) is 0 Å². The first kappa shape index (κ1) is 15.9. The lowest BCUT2D eigenvalue weighted by Gasteiger charge is -2.31. The number of amides is 2. The molecule has 0 aliphatic carbocycles. The minimum absolute atomic E-state index is 0.00155. The van der Waals surface area contributed by atoms with Crippen molar-refractivity contribution in [3.63, 3.8) is 0 Å². The largest absolute Gasteiger partial charge is 0.472 e. The van der Waals surface area contributed by atoms with Crippen molar-refractivity contribution in [3.8, 4) is 0 Å². The average molecular weight is 381 g/mol. The van der Waals surface area contributed by atoms with Crippen LogP contribution < -0.4 is 5.32 Å². The Labute approximate surface area is 141 Å². The van der Waals surface area contributed by atoms with Crippen LogP contribution in [0, 0.1) is 5.92 Å². The van der Waals surface area contributed by atoms with Crippen LogP contribution in [0.2, 0.25) is 0 Å². The van der Waals surface area contributed by atoms with Crippen molar-refractivity contribution < 1.29 is 18.4 Å². The number of hydrogen-bond donors (Lipinski definition) is 1. The maximum Gasteiger partial charge on any atom is 0.287 e. The summed E-state index contributed by atoms with van der Waals surface area (Å²) in [5, 5.41) is 2.88. The van der Waals surface area contributed by atoms with Gasteiger partial charge in [0.2, 0.25) is 0 Å². The van der Waals surface area contributed by atoms with E-state index in [1.165, 1.54) is 12.5 Å². The van der Waals surface area contributed by atoms with Gasteiger partial charge in [0, 0.05) is 19.6 Å². The molecular weight excluding hydrogens is 364 g/mol. The molecule has 2 amide bonds. The quantitative estimate of drug-likeness (QED) is 0.884. The minimum Gasteiger partial charge on any atom is -0.472 e. The fourth-order valence-corrected chi connectivity index (χ4v) is 2.98. The number of carbonyl (C=O) groups is 2. The molecule has 3 rings (SSSR count). The first-order chi connectivity index (χ1) is 11.1. The van der Waals surface area contributed by atoms with E-state index in [0.717, 1.165) is 12.8 Å². The van der Waals surface area contributed by atoms with Crippen molar-refractivity contribution in [2.45, 2.75) is 12.8 Å². The van der Waals surface area contributed by atoms with Crippen LogP contribution >= 0.6 is 15.9 Å². The van der Waals surface area contributed by atoms with Crippen LogP contribution in [0.25, 0.3) is 0 Å². The number of nitrogens with one attached hydrogen (secondary N) is 1. The minimum atomic E-state index is -0.215. The fraction of sp³-hybridized carbons (Fsp3) is 0.375. The Hall–Kier alpha value is -2.02. The Balaban J connectivity index is 1.44. The summed E-state index contributed by atoms with van der Waals surface area (Å²) < 4.78 is 10.7. The SMILES string of the molecule is O=C(NCC1CCN(C(=O)c2ccoc2)CC1)c1ccc(Br)o1. The second kappa shape index (κ2) is 7.04. The van der Waals surface area contributed by atoms with Crippen molar-refractivity contribution in [1.29, 1.82) is 0 Å². The zero-order valence-electron chi connectivity index (χ0n) is 12.5. The molecule has 1 fully saturated rings. The predicted octanol–water partition coefficient (Wildman–Crippen LogP) is 2.92. The van der Waals surface area contributed by atoms with Crippen molar-refractivity contribution in [2.75, 3.05) is 19.6 Å². The lowest BCUT2D eigenvalue weighted by atomic mass is 9.96. The molecule has 0 unspecified atom stereocenters. The number of nitrogens with zero attached hydrogens (tertiary/aromatic N) is 1. The first-order valence-corrected chi connectivity index (χ1v) is 8.28. The van der Waals surface area contributed by atoms with Gasteiger partial charge in [0.1, 0.15) is 6.26 Å². The van der Waals surface area contributed by atoms with Crippen LogP contribution in [0.15, 0.2) is 44.2 Å². The van der Waals surface area contributed by atoms with Crippen LogP contribution in [-0.2, 0) is 0 Å². The molecule has 6 nitrogen and oxygen atoms in total. The topological polar surface area (TPSA) is 75.7 Å². The molecule has 2 aromatic heterocycles. The molecule has 3 heterocycles. The molecule has 0 spiro atoms. The summed E-state index contributed by atoms with van der Waals surface area (Å²) in [5.41, 5.74) is 0.583. The molecule has 2 aromatic rings. The van der Waals surface area contributed by atoms with Gasteiger partial charge in [0.05, 0.1) is 11.8 Å². The van der Waals surface area contributed by atoms with Gasteiger partial charge in [-0.05, 0) is 52.9 Å². The van der Waals surface area contributed by atoms with Crippen LogP contribution in [0.1, 0.15) is 33.8 Å². The molecule has 0 atom stereocenters.